The highest BCUT2D eigenvalue weighted by molar-refractivity contribution is 5.91. The topological polar surface area (TPSA) is 95.9 Å². The van der Waals surface area contributed by atoms with Crippen LogP contribution in [0.3, 0.4) is 0 Å². The average Bonchev–Trinajstić information content (AvgIpc) is 3.13. The van der Waals surface area contributed by atoms with Crippen molar-refractivity contribution in [2.75, 3.05) is 13.2 Å². The van der Waals surface area contributed by atoms with E-state index in [1.54, 1.807) is 11.8 Å². The third-order valence-corrected chi connectivity index (χ3v) is 7.87. The second-order valence-corrected chi connectivity index (χ2v) is 9.71. The Morgan fingerprint density at radius 3 is 2.21 bits per heavy atom. The maximum Gasteiger partial charge on any atom is 0.408 e. The van der Waals surface area contributed by atoms with Crippen molar-refractivity contribution in [3.05, 3.63) is 59.7 Å². The van der Waals surface area contributed by atoms with Gasteiger partial charge in [0.05, 0.1) is 5.92 Å². The lowest BCUT2D eigenvalue weighted by Crippen LogP contribution is -2.66. The van der Waals surface area contributed by atoms with Crippen molar-refractivity contribution in [3.63, 3.8) is 0 Å². The molecule has 0 spiro atoms. The summed E-state index contributed by atoms with van der Waals surface area (Å²) in [6.07, 6.45) is 2.52. The number of likely N-dealkylation sites (tertiary alicyclic amines) is 1. The Balaban J connectivity index is 1.27. The van der Waals surface area contributed by atoms with Gasteiger partial charge in [0.25, 0.3) is 0 Å². The fourth-order valence-corrected chi connectivity index (χ4v) is 5.79. The first kappa shape index (κ1) is 22.4. The maximum absolute atomic E-state index is 13.5. The molecule has 3 aliphatic rings. The lowest BCUT2D eigenvalue weighted by Gasteiger charge is -2.47. The quantitative estimate of drug-likeness (QED) is 0.696. The number of carbonyl (C=O) groups is 3. The summed E-state index contributed by atoms with van der Waals surface area (Å²) in [6, 6.07) is 15.9. The second kappa shape index (κ2) is 8.78. The van der Waals surface area contributed by atoms with Gasteiger partial charge in [0, 0.05) is 18.5 Å². The van der Waals surface area contributed by atoms with Crippen LogP contribution in [0.15, 0.2) is 48.5 Å². The molecule has 0 bridgehead atoms. The number of nitrogens with one attached hydrogen (secondary N) is 1. The number of carbonyl (C=O) groups excluding carboxylic acids is 2. The number of hydrogen-bond donors (Lipinski definition) is 2. The average molecular weight is 463 g/mol. The summed E-state index contributed by atoms with van der Waals surface area (Å²) in [5, 5.41) is 12.4. The molecule has 2 aromatic rings. The minimum atomic E-state index is -1.00. The van der Waals surface area contributed by atoms with E-state index in [0.29, 0.717) is 32.2 Å². The van der Waals surface area contributed by atoms with Gasteiger partial charge < -0.3 is 20.1 Å². The number of ether oxygens (including phenoxy) is 1. The smallest absolute Gasteiger partial charge is 0.408 e. The Hall–Kier alpha value is -3.35. The lowest BCUT2D eigenvalue weighted by molar-refractivity contribution is -0.153. The van der Waals surface area contributed by atoms with E-state index < -0.39 is 29.6 Å². The molecule has 0 aromatic heterocycles. The number of aliphatic carboxylic acids is 1. The largest absolute Gasteiger partial charge is 0.481 e. The highest BCUT2D eigenvalue weighted by Gasteiger charge is 2.50. The van der Waals surface area contributed by atoms with Crippen molar-refractivity contribution in [2.45, 2.75) is 56.5 Å². The van der Waals surface area contributed by atoms with Crippen molar-refractivity contribution in [3.8, 4) is 11.1 Å². The number of hydrogen-bond acceptors (Lipinski definition) is 4. The standard InChI is InChI=1S/C27H30N2O5/c1-17-18(24(30)31)12-6-15-29(17)25(32)27(13-7-14-27)28-26(33)34-16-23-21-10-4-2-8-19(21)20-9-3-5-11-22(20)23/h2-5,8-11,17-18,23H,6-7,12-16H2,1H3,(H,28,33)(H,30,31)/t17-,18-/m0/s1. The van der Waals surface area contributed by atoms with Crippen molar-refractivity contribution < 1.29 is 24.2 Å². The molecular formula is C27H30N2O5. The van der Waals surface area contributed by atoms with Gasteiger partial charge in [0.1, 0.15) is 12.1 Å². The number of piperidine rings is 1. The summed E-state index contributed by atoms with van der Waals surface area (Å²) in [5.74, 6) is -1.70. The number of nitrogens with zero attached hydrogens (tertiary/aromatic N) is 1. The van der Waals surface area contributed by atoms with Gasteiger partial charge in [-0.2, -0.15) is 0 Å². The van der Waals surface area contributed by atoms with Gasteiger partial charge in [-0.3, -0.25) is 9.59 Å². The van der Waals surface area contributed by atoms with Crippen LogP contribution < -0.4 is 5.32 Å². The summed E-state index contributed by atoms with van der Waals surface area (Å²) in [4.78, 5) is 39.6. The minimum absolute atomic E-state index is 0.0513. The zero-order valence-electron chi connectivity index (χ0n) is 19.3. The van der Waals surface area contributed by atoms with E-state index in [1.165, 1.54) is 0 Å². The maximum atomic E-state index is 13.5. The Morgan fingerprint density at radius 1 is 1.03 bits per heavy atom. The molecule has 1 heterocycles. The number of fused-ring (bicyclic) bond motifs is 3. The van der Waals surface area contributed by atoms with Crippen LogP contribution in [-0.2, 0) is 14.3 Å². The van der Waals surface area contributed by atoms with Crippen molar-refractivity contribution in [1.29, 1.82) is 0 Å². The van der Waals surface area contributed by atoms with Crippen LogP contribution in [0.2, 0.25) is 0 Å². The molecule has 7 nitrogen and oxygen atoms in total. The summed E-state index contributed by atoms with van der Waals surface area (Å²) < 4.78 is 5.68. The highest BCUT2D eigenvalue weighted by Crippen LogP contribution is 2.44. The molecule has 0 radical (unpaired) electrons. The third-order valence-electron chi connectivity index (χ3n) is 7.87. The fraction of sp³-hybridized carbons (Fsp3) is 0.444. The number of alkyl carbamates (subject to hydrolysis) is 1. The van der Waals surface area contributed by atoms with Gasteiger partial charge in [0.2, 0.25) is 5.91 Å². The Bertz CT molecular complexity index is 1080. The van der Waals surface area contributed by atoms with Crippen molar-refractivity contribution in [1.82, 2.24) is 10.2 Å². The number of rotatable bonds is 5. The molecule has 7 heteroatoms. The van der Waals surface area contributed by atoms with Crippen LogP contribution >= 0.6 is 0 Å². The van der Waals surface area contributed by atoms with E-state index in [-0.39, 0.29) is 18.4 Å². The molecule has 0 unspecified atom stereocenters. The second-order valence-electron chi connectivity index (χ2n) is 9.71. The molecule has 178 valence electrons. The molecule has 1 saturated carbocycles. The van der Waals surface area contributed by atoms with E-state index in [1.807, 2.05) is 24.3 Å². The number of carboxylic acid groups (broad SMARTS) is 1. The molecule has 34 heavy (non-hydrogen) atoms. The first-order chi connectivity index (χ1) is 16.4. The molecule has 2 aliphatic carbocycles. The van der Waals surface area contributed by atoms with Crippen LogP contribution in [0.1, 0.15) is 56.1 Å². The molecule has 2 aromatic carbocycles. The van der Waals surface area contributed by atoms with Crippen molar-refractivity contribution >= 4 is 18.0 Å². The molecule has 2 atom stereocenters. The van der Waals surface area contributed by atoms with Crippen LogP contribution in [0, 0.1) is 5.92 Å². The predicted octanol–water partition coefficient (Wildman–Crippen LogP) is 4.16. The van der Waals surface area contributed by atoms with Crippen LogP contribution in [-0.4, -0.2) is 52.7 Å². The normalized spacial score (nSPS) is 22.8. The zero-order chi connectivity index (χ0) is 23.9. The molecule has 5 rings (SSSR count). The van der Waals surface area contributed by atoms with Gasteiger partial charge in [-0.05, 0) is 61.3 Å². The fourth-order valence-electron chi connectivity index (χ4n) is 5.79. The van der Waals surface area contributed by atoms with E-state index in [0.717, 1.165) is 28.7 Å². The first-order valence-electron chi connectivity index (χ1n) is 12.1. The van der Waals surface area contributed by atoms with Crippen LogP contribution in [0.25, 0.3) is 11.1 Å². The molecule has 1 saturated heterocycles. The number of benzene rings is 2. The molecular weight excluding hydrogens is 432 g/mol. The zero-order valence-corrected chi connectivity index (χ0v) is 19.3. The molecule has 2 fully saturated rings. The van der Waals surface area contributed by atoms with Gasteiger partial charge >= 0.3 is 12.1 Å². The Labute approximate surface area is 199 Å². The van der Waals surface area contributed by atoms with Crippen molar-refractivity contribution in [2.24, 2.45) is 5.92 Å². The monoisotopic (exact) mass is 462 g/mol. The summed E-state index contributed by atoms with van der Waals surface area (Å²) in [7, 11) is 0. The molecule has 1 aliphatic heterocycles. The summed E-state index contributed by atoms with van der Waals surface area (Å²) in [6.45, 7) is 2.48. The summed E-state index contributed by atoms with van der Waals surface area (Å²) >= 11 is 0. The Morgan fingerprint density at radius 2 is 1.65 bits per heavy atom. The predicted molar refractivity (Wildman–Crippen MR) is 126 cm³/mol. The third kappa shape index (κ3) is 3.73. The van der Waals surface area contributed by atoms with E-state index in [2.05, 4.69) is 29.6 Å². The van der Waals surface area contributed by atoms with Crippen LogP contribution in [0.4, 0.5) is 4.79 Å². The van der Waals surface area contributed by atoms with Gasteiger partial charge in [0.15, 0.2) is 0 Å². The van der Waals surface area contributed by atoms with Gasteiger partial charge in [-0.15, -0.1) is 0 Å². The van der Waals surface area contributed by atoms with E-state index >= 15 is 0 Å². The SMILES string of the molecule is C[C@H]1[C@@H](C(=O)O)CCCN1C(=O)C1(NC(=O)OCC2c3ccccc3-c3ccccc32)CCC1. The summed E-state index contributed by atoms with van der Waals surface area (Å²) in [5.41, 5.74) is 3.58. The van der Waals surface area contributed by atoms with E-state index in [4.69, 9.17) is 4.74 Å². The Kier molecular flexibility index (Phi) is 5.80. The van der Waals surface area contributed by atoms with Gasteiger partial charge in [-0.1, -0.05) is 48.5 Å². The molecule has 2 amide bonds. The minimum Gasteiger partial charge on any atom is -0.481 e. The lowest BCUT2D eigenvalue weighted by atomic mass is 9.74. The van der Waals surface area contributed by atoms with Gasteiger partial charge in [-0.25, -0.2) is 4.79 Å². The van der Waals surface area contributed by atoms with E-state index in [9.17, 15) is 19.5 Å². The van der Waals surface area contributed by atoms with Crippen LogP contribution in [0.5, 0.6) is 0 Å². The first-order valence-corrected chi connectivity index (χ1v) is 12.1. The number of carboxylic acids is 1. The highest BCUT2D eigenvalue weighted by atomic mass is 16.5. The number of amides is 2. The molecule has 2 N–H and O–H groups in total.